The lowest BCUT2D eigenvalue weighted by Crippen LogP contribution is -2.26. The Bertz CT molecular complexity index is 670. The minimum atomic E-state index is -3.18. The number of ether oxygens (including phenoxy) is 1. The van der Waals surface area contributed by atoms with E-state index in [0.29, 0.717) is 25.1 Å². The smallest absolute Gasteiger partial charge is 0.224 e. The van der Waals surface area contributed by atoms with E-state index in [4.69, 9.17) is 10.3 Å². The lowest BCUT2D eigenvalue weighted by atomic mass is 10.2. The number of unbranched alkanes of at least 4 members (excludes halogenated alkanes) is 1. The highest BCUT2D eigenvalue weighted by atomic mass is 32.2. The zero-order valence-corrected chi connectivity index (χ0v) is 14.1. The highest BCUT2D eigenvalue weighted by Gasteiger charge is 2.06. The summed E-state index contributed by atoms with van der Waals surface area (Å²) in [6, 6.07) is 3.16. The van der Waals surface area contributed by atoms with Crippen LogP contribution in [-0.4, -0.2) is 38.3 Å². The number of pyridine rings is 1. The first-order chi connectivity index (χ1) is 11.5. The van der Waals surface area contributed by atoms with Gasteiger partial charge in [0.25, 0.3) is 0 Å². The fraction of sp³-hybridized carbons (Fsp3) is 0.538. The average molecular weight is 356 g/mol. The second-order valence-corrected chi connectivity index (χ2v) is 6.79. The summed E-state index contributed by atoms with van der Waals surface area (Å²) in [4.78, 5) is 18.3. The number of carbonyl (C=O) groups is 1. The molecule has 0 atom stereocenters. The Morgan fingerprint density at radius 1 is 1.42 bits per heavy atom. The molecule has 1 amide bonds. The summed E-state index contributed by atoms with van der Waals surface area (Å²) >= 11 is 0. The Hall–Kier alpha value is -2.36. The van der Waals surface area contributed by atoms with E-state index >= 15 is 0 Å². The van der Waals surface area contributed by atoms with Gasteiger partial charge in [0, 0.05) is 23.9 Å². The number of aromatic nitrogens is 1. The molecule has 1 aromatic rings. The molecule has 0 aliphatic rings. The van der Waals surface area contributed by atoms with Crippen LogP contribution in [-0.2, 0) is 14.8 Å². The molecule has 132 valence electrons. The summed E-state index contributed by atoms with van der Waals surface area (Å²) in [6.07, 6.45) is 2.86. The van der Waals surface area contributed by atoms with Gasteiger partial charge in [-0.2, -0.15) is 0 Å². The van der Waals surface area contributed by atoms with Gasteiger partial charge in [-0.3, -0.25) is 4.79 Å². The van der Waals surface area contributed by atoms with E-state index in [0.717, 1.165) is 0 Å². The SMILES string of the molecule is CCS(=O)(=O)NCCCCC(=O)Nc1ccc(OCN=[N+]=[N-])nc1. The van der Waals surface area contributed by atoms with Gasteiger partial charge in [-0.25, -0.2) is 18.1 Å². The third-order valence-corrected chi connectivity index (χ3v) is 4.29. The number of hydrogen-bond donors (Lipinski definition) is 2. The topological polar surface area (TPSA) is 146 Å². The minimum absolute atomic E-state index is 0.0447. The van der Waals surface area contributed by atoms with Crippen molar-refractivity contribution >= 4 is 21.6 Å². The van der Waals surface area contributed by atoms with E-state index < -0.39 is 10.0 Å². The molecule has 0 saturated carbocycles. The first-order valence-corrected chi connectivity index (χ1v) is 8.99. The van der Waals surface area contributed by atoms with Gasteiger partial charge in [0.1, 0.15) is 0 Å². The monoisotopic (exact) mass is 356 g/mol. The van der Waals surface area contributed by atoms with Crippen LogP contribution in [0.25, 0.3) is 10.4 Å². The molecule has 0 saturated heterocycles. The van der Waals surface area contributed by atoms with Crippen LogP contribution >= 0.6 is 0 Å². The van der Waals surface area contributed by atoms with Crippen LogP contribution in [0.1, 0.15) is 26.2 Å². The number of nitrogens with one attached hydrogen (secondary N) is 2. The highest BCUT2D eigenvalue weighted by molar-refractivity contribution is 7.89. The van der Waals surface area contributed by atoms with Crippen molar-refractivity contribution in [2.24, 2.45) is 5.11 Å². The van der Waals surface area contributed by atoms with Crippen molar-refractivity contribution in [1.29, 1.82) is 0 Å². The number of rotatable bonds is 11. The van der Waals surface area contributed by atoms with E-state index in [-0.39, 0.29) is 30.7 Å². The van der Waals surface area contributed by atoms with Crippen molar-refractivity contribution in [3.63, 3.8) is 0 Å². The van der Waals surface area contributed by atoms with Crippen molar-refractivity contribution in [3.8, 4) is 5.88 Å². The maximum Gasteiger partial charge on any atom is 0.224 e. The molecule has 1 rings (SSSR count). The molecule has 24 heavy (non-hydrogen) atoms. The molecule has 0 unspecified atom stereocenters. The maximum absolute atomic E-state index is 11.8. The van der Waals surface area contributed by atoms with Crippen LogP contribution in [0, 0.1) is 0 Å². The standard InChI is InChI=1S/C13H20N6O4S/c1-2-24(21,22)17-8-4-3-5-12(20)18-11-6-7-13(15-9-11)23-10-16-19-14/h6-7,9,17H,2-5,8,10H2,1H3,(H,18,20). The minimum Gasteiger partial charge on any atom is -0.472 e. The number of anilines is 1. The summed E-state index contributed by atoms with van der Waals surface area (Å²) in [5.41, 5.74) is 8.64. The molecule has 0 aromatic carbocycles. The molecule has 10 nitrogen and oxygen atoms in total. The van der Waals surface area contributed by atoms with Crippen molar-refractivity contribution in [3.05, 3.63) is 28.8 Å². The van der Waals surface area contributed by atoms with Gasteiger partial charge in [0.05, 0.1) is 17.6 Å². The zero-order chi connectivity index (χ0) is 17.8. The van der Waals surface area contributed by atoms with E-state index in [1.807, 2.05) is 0 Å². The molecule has 11 heteroatoms. The Morgan fingerprint density at radius 3 is 2.83 bits per heavy atom. The van der Waals surface area contributed by atoms with Crippen LogP contribution in [0.4, 0.5) is 5.69 Å². The number of azide groups is 1. The first-order valence-electron chi connectivity index (χ1n) is 7.33. The number of sulfonamides is 1. The average Bonchev–Trinajstić information content (AvgIpc) is 2.56. The van der Waals surface area contributed by atoms with Crippen molar-refractivity contribution < 1.29 is 17.9 Å². The van der Waals surface area contributed by atoms with Gasteiger partial charge in [-0.1, -0.05) is 5.11 Å². The fourth-order valence-electron chi connectivity index (χ4n) is 1.62. The van der Waals surface area contributed by atoms with Gasteiger partial charge >= 0.3 is 0 Å². The van der Waals surface area contributed by atoms with Crippen molar-refractivity contribution in [1.82, 2.24) is 9.71 Å². The van der Waals surface area contributed by atoms with Crippen LogP contribution in [0.15, 0.2) is 23.4 Å². The second kappa shape index (κ2) is 10.4. The molecule has 0 radical (unpaired) electrons. The molecule has 1 aromatic heterocycles. The molecule has 0 aliphatic heterocycles. The maximum atomic E-state index is 11.8. The van der Waals surface area contributed by atoms with Gasteiger partial charge < -0.3 is 10.1 Å². The quantitative estimate of drug-likeness (QED) is 0.268. The third-order valence-electron chi connectivity index (χ3n) is 2.89. The highest BCUT2D eigenvalue weighted by Crippen LogP contribution is 2.12. The summed E-state index contributed by atoms with van der Waals surface area (Å²) < 4.78 is 29.9. The number of nitrogens with zero attached hydrogens (tertiary/aromatic N) is 4. The molecular formula is C13H20N6O4S. The molecule has 0 fully saturated rings. The van der Waals surface area contributed by atoms with E-state index in [9.17, 15) is 13.2 Å². The molecular weight excluding hydrogens is 336 g/mol. The number of carbonyl (C=O) groups excluding carboxylic acids is 1. The number of hydrogen-bond acceptors (Lipinski definition) is 6. The summed E-state index contributed by atoms with van der Waals surface area (Å²) in [5.74, 6) is 0.143. The van der Waals surface area contributed by atoms with E-state index in [1.54, 1.807) is 19.1 Å². The first kappa shape index (κ1) is 19.7. The molecule has 1 heterocycles. The van der Waals surface area contributed by atoms with Gasteiger partial charge in [0.15, 0.2) is 6.73 Å². The Kier molecular flexibility index (Phi) is 8.55. The zero-order valence-electron chi connectivity index (χ0n) is 13.3. The van der Waals surface area contributed by atoms with E-state index in [1.165, 1.54) is 6.20 Å². The molecule has 0 bridgehead atoms. The summed E-state index contributed by atoms with van der Waals surface area (Å²) in [6.45, 7) is 1.73. The van der Waals surface area contributed by atoms with Crippen molar-refractivity contribution in [2.75, 3.05) is 24.3 Å². The van der Waals surface area contributed by atoms with Crippen LogP contribution in [0.5, 0.6) is 5.88 Å². The summed E-state index contributed by atoms with van der Waals surface area (Å²) in [5, 5.41) is 5.89. The predicted octanol–water partition coefficient (Wildman–Crippen LogP) is 1.78. The van der Waals surface area contributed by atoms with Gasteiger partial charge in [-0.05, 0) is 31.4 Å². The van der Waals surface area contributed by atoms with Crippen LogP contribution < -0.4 is 14.8 Å². The number of amides is 1. The lowest BCUT2D eigenvalue weighted by molar-refractivity contribution is -0.116. The second-order valence-electron chi connectivity index (χ2n) is 4.69. The Labute approximate surface area is 140 Å². The van der Waals surface area contributed by atoms with Gasteiger partial charge in [0.2, 0.25) is 21.8 Å². The molecule has 0 spiro atoms. The largest absolute Gasteiger partial charge is 0.472 e. The summed E-state index contributed by atoms with van der Waals surface area (Å²) in [7, 11) is -3.18. The Morgan fingerprint density at radius 2 is 2.21 bits per heavy atom. The Balaban J connectivity index is 2.26. The normalized spacial score (nSPS) is 10.7. The van der Waals surface area contributed by atoms with Crippen LogP contribution in [0.3, 0.4) is 0 Å². The van der Waals surface area contributed by atoms with Gasteiger partial charge in [-0.15, -0.1) is 0 Å². The molecule has 2 N–H and O–H groups in total. The van der Waals surface area contributed by atoms with Crippen LogP contribution in [0.2, 0.25) is 0 Å². The third kappa shape index (κ3) is 8.32. The van der Waals surface area contributed by atoms with Crippen molar-refractivity contribution in [2.45, 2.75) is 26.2 Å². The predicted molar refractivity (Wildman–Crippen MR) is 88.8 cm³/mol. The van der Waals surface area contributed by atoms with E-state index in [2.05, 4.69) is 25.0 Å². The fourth-order valence-corrected chi connectivity index (χ4v) is 2.28. The lowest BCUT2D eigenvalue weighted by Gasteiger charge is -2.07. The molecule has 0 aliphatic carbocycles.